The Labute approximate surface area is 98.9 Å². The zero-order valence-electron chi connectivity index (χ0n) is 10.1. The van der Waals surface area contributed by atoms with Crippen LogP contribution in [0.25, 0.3) is 0 Å². The van der Waals surface area contributed by atoms with Crippen molar-refractivity contribution in [2.75, 3.05) is 13.1 Å². The largest absolute Gasteiger partial charge is 0.361 e. The van der Waals surface area contributed by atoms with Crippen LogP contribution in [-0.2, 0) is 9.59 Å². The molecule has 1 unspecified atom stereocenters. The van der Waals surface area contributed by atoms with Crippen molar-refractivity contribution in [3.05, 3.63) is 17.0 Å². The highest BCUT2D eigenvalue weighted by Crippen LogP contribution is 2.26. The Kier molecular flexibility index (Phi) is 2.97. The molecule has 0 spiro atoms. The maximum atomic E-state index is 11.3. The van der Waals surface area contributed by atoms with Gasteiger partial charge in [-0.05, 0) is 20.8 Å². The normalized spacial score (nSPS) is 19.2. The zero-order valence-corrected chi connectivity index (χ0v) is 10.1. The maximum absolute atomic E-state index is 11.3. The number of piperazine rings is 1. The summed E-state index contributed by atoms with van der Waals surface area (Å²) in [6.45, 7) is 6.07. The third kappa shape index (κ3) is 2.21. The average Bonchev–Trinajstić information content (AvgIpc) is 2.56. The number of rotatable bonds is 2. The molecular formula is C11H15N3O3. The van der Waals surface area contributed by atoms with Crippen molar-refractivity contribution in [1.29, 1.82) is 0 Å². The molecule has 2 rings (SSSR count). The molecule has 1 aromatic heterocycles. The highest BCUT2D eigenvalue weighted by Gasteiger charge is 2.29. The summed E-state index contributed by atoms with van der Waals surface area (Å²) in [5.41, 5.74) is 1.75. The molecular weight excluding hydrogens is 222 g/mol. The molecule has 1 fully saturated rings. The van der Waals surface area contributed by atoms with E-state index in [0.29, 0.717) is 0 Å². The quantitative estimate of drug-likeness (QED) is 0.749. The van der Waals surface area contributed by atoms with E-state index in [4.69, 9.17) is 4.52 Å². The predicted molar refractivity (Wildman–Crippen MR) is 59.1 cm³/mol. The van der Waals surface area contributed by atoms with Crippen LogP contribution in [0.5, 0.6) is 0 Å². The van der Waals surface area contributed by atoms with Gasteiger partial charge in [-0.2, -0.15) is 0 Å². The monoisotopic (exact) mass is 237 g/mol. The SMILES string of the molecule is Cc1noc(C)c1C(C)N1CC(=O)NC(=O)C1. The number of aromatic nitrogens is 1. The van der Waals surface area contributed by atoms with E-state index < -0.39 is 0 Å². The van der Waals surface area contributed by atoms with Gasteiger partial charge >= 0.3 is 0 Å². The minimum absolute atomic E-state index is 0.0590. The van der Waals surface area contributed by atoms with Crippen molar-refractivity contribution in [1.82, 2.24) is 15.4 Å². The predicted octanol–water partition coefficient (Wildman–Crippen LogP) is 0.311. The second-order valence-electron chi connectivity index (χ2n) is 4.29. The Balaban J connectivity index is 2.22. The van der Waals surface area contributed by atoms with Crippen LogP contribution in [0.1, 0.15) is 30.0 Å². The summed E-state index contributed by atoms with van der Waals surface area (Å²) in [5.74, 6) is 0.202. The number of nitrogens with one attached hydrogen (secondary N) is 1. The standard InChI is InChI=1S/C11H15N3O3/c1-6-11(8(3)17-13-6)7(2)14-4-9(15)12-10(16)5-14/h7H,4-5H2,1-3H3,(H,12,15,16). The number of carbonyl (C=O) groups is 2. The lowest BCUT2D eigenvalue weighted by atomic mass is 10.0. The van der Waals surface area contributed by atoms with E-state index in [1.54, 1.807) is 0 Å². The van der Waals surface area contributed by atoms with E-state index in [-0.39, 0.29) is 30.9 Å². The number of hydrogen-bond acceptors (Lipinski definition) is 5. The van der Waals surface area contributed by atoms with Crippen LogP contribution >= 0.6 is 0 Å². The van der Waals surface area contributed by atoms with Crippen molar-refractivity contribution < 1.29 is 14.1 Å². The second-order valence-corrected chi connectivity index (χ2v) is 4.29. The van der Waals surface area contributed by atoms with Gasteiger partial charge in [0.05, 0.1) is 18.8 Å². The summed E-state index contributed by atoms with van der Waals surface area (Å²) in [5, 5.41) is 6.16. The van der Waals surface area contributed by atoms with Crippen LogP contribution in [0.2, 0.25) is 0 Å². The molecule has 6 heteroatoms. The van der Waals surface area contributed by atoms with Gasteiger partial charge in [0.2, 0.25) is 11.8 Å². The van der Waals surface area contributed by atoms with Crippen LogP contribution in [0.15, 0.2) is 4.52 Å². The van der Waals surface area contributed by atoms with Crippen LogP contribution in [0.4, 0.5) is 0 Å². The lowest BCUT2D eigenvalue weighted by Gasteiger charge is -2.30. The molecule has 0 aliphatic carbocycles. The third-order valence-electron chi connectivity index (χ3n) is 3.03. The first-order valence-corrected chi connectivity index (χ1v) is 5.48. The van der Waals surface area contributed by atoms with E-state index in [0.717, 1.165) is 17.0 Å². The molecule has 0 radical (unpaired) electrons. The third-order valence-corrected chi connectivity index (χ3v) is 3.03. The molecule has 1 N–H and O–H groups in total. The molecule has 1 atom stereocenters. The Hall–Kier alpha value is -1.69. The number of amides is 2. The summed E-state index contributed by atoms with van der Waals surface area (Å²) < 4.78 is 5.10. The molecule has 0 saturated carbocycles. The summed E-state index contributed by atoms with van der Waals surface area (Å²) in [6.07, 6.45) is 0. The van der Waals surface area contributed by atoms with Crippen molar-refractivity contribution in [3.8, 4) is 0 Å². The molecule has 1 aromatic rings. The van der Waals surface area contributed by atoms with Gasteiger partial charge in [0, 0.05) is 11.6 Å². The maximum Gasteiger partial charge on any atom is 0.240 e. The lowest BCUT2D eigenvalue weighted by molar-refractivity contribution is -0.137. The molecule has 0 bridgehead atoms. The molecule has 1 aliphatic rings. The highest BCUT2D eigenvalue weighted by molar-refractivity contribution is 5.99. The average molecular weight is 237 g/mol. The highest BCUT2D eigenvalue weighted by atomic mass is 16.5. The molecule has 2 amide bonds. The Morgan fingerprint density at radius 2 is 1.88 bits per heavy atom. The van der Waals surface area contributed by atoms with Gasteiger partial charge in [-0.3, -0.25) is 19.8 Å². The Morgan fingerprint density at radius 1 is 1.29 bits per heavy atom. The summed E-state index contributed by atoms with van der Waals surface area (Å²) in [6, 6.07) is -0.0590. The fourth-order valence-corrected chi connectivity index (χ4v) is 2.20. The number of hydrogen-bond donors (Lipinski definition) is 1. The smallest absolute Gasteiger partial charge is 0.240 e. The molecule has 0 aromatic carbocycles. The van der Waals surface area contributed by atoms with E-state index in [1.807, 2.05) is 25.7 Å². The number of nitrogens with zero attached hydrogens (tertiary/aromatic N) is 2. The lowest BCUT2D eigenvalue weighted by Crippen LogP contribution is -2.52. The summed E-state index contributed by atoms with van der Waals surface area (Å²) >= 11 is 0. The zero-order chi connectivity index (χ0) is 12.6. The molecule has 92 valence electrons. The van der Waals surface area contributed by atoms with Crippen LogP contribution in [-0.4, -0.2) is 35.0 Å². The van der Waals surface area contributed by atoms with Crippen molar-refractivity contribution in [3.63, 3.8) is 0 Å². The minimum Gasteiger partial charge on any atom is -0.361 e. The molecule has 17 heavy (non-hydrogen) atoms. The topological polar surface area (TPSA) is 75.4 Å². The van der Waals surface area contributed by atoms with Crippen molar-refractivity contribution >= 4 is 11.8 Å². The van der Waals surface area contributed by atoms with Gasteiger partial charge in [-0.25, -0.2) is 0 Å². The van der Waals surface area contributed by atoms with Gasteiger partial charge in [-0.1, -0.05) is 5.16 Å². The van der Waals surface area contributed by atoms with Crippen LogP contribution in [0, 0.1) is 13.8 Å². The van der Waals surface area contributed by atoms with E-state index in [9.17, 15) is 9.59 Å². The van der Waals surface area contributed by atoms with Gasteiger partial charge in [0.15, 0.2) is 0 Å². The molecule has 1 aliphatic heterocycles. The molecule has 2 heterocycles. The van der Waals surface area contributed by atoms with Gasteiger partial charge in [0.1, 0.15) is 5.76 Å². The van der Waals surface area contributed by atoms with Crippen LogP contribution in [0.3, 0.4) is 0 Å². The second kappa shape index (κ2) is 4.29. The Bertz CT molecular complexity index is 431. The van der Waals surface area contributed by atoms with Gasteiger partial charge in [-0.15, -0.1) is 0 Å². The van der Waals surface area contributed by atoms with Gasteiger partial charge in [0.25, 0.3) is 0 Å². The van der Waals surface area contributed by atoms with Crippen LogP contribution < -0.4 is 5.32 Å². The first kappa shape index (κ1) is 11.8. The van der Waals surface area contributed by atoms with E-state index in [1.165, 1.54) is 0 Å². The molecule has 6 nitrogen and oxygen atoms in total. The first-order valence-electron chi connectivity index (χ1n) is 5.48. The number of aryl methyl sites for hydroxylation is 2. The minimum atomic E-state index is -0.264. The fourth-order valence-electron chi connectivity index (χ4n) is 2.20. The first-order chi connectivity index (χ1) is 7.99. The fraction of sp³-hybridized carbons (Fsp3) is 0.545. The Morgan fingerprint density at radius 3 is 2.35 bits per heavy atom. The van der Waals surface area contributed by atoms with Gasteiger partial charge < -0.3 is 4.52 Å². The summed E-state index contributed by atoms with van der Waals surface area (Å²) in [4.78, 5) is 24.4. The molecule has 1 saturated heterocycles. The van der Waals surface area contributed by atoms with Crippen molar-refractivity contribution in [2.24, 2.45) is 0 Å². The summed E-state index contributed by atoms with van der Waals surface area (Å²) in [7, 11) is 0. The number of imide groups is 1. The van der Waals surface area contributed by atoms with E-state index >= 15 is 0 Å². The van der Waals surface area contributed by atoms with E-state index in [2.05, 4.69) is 10.5 Å². The van der Waals surface area contributed by atoms with Crippen molar-refractivity contribution in [2.45, 2.75) is 26.8 Å². The number of carbonyl (C=O) groups excluding carboxylic acids is 2.